The Hall–Kier alpha value is -11.2. The van der Waals surface area contributed by atoms with Crippen LogP contribution in [-0.4, -0.2) is 49.4 Å². The molecule has 0 fully saturated rings. The zero-order valence-electron chi connectivity index (χ0n) is 43.9. The van der Waals surface area contributed by atoms with Crippen LogP contribution in [0.3, 0.4) is 0 Å². The first-order chi connectivity index (χ1) is 40.7. The normalized spacial score (nSPS) is 11.6. The molecule has 0 bridgehead atoms. The molecule has 0 amide bonds. The van der Waals surface area contributed by atoms with Crippen molar-refractivity contribution in [2.24, 2.45) is 0 Å². The van der Waals surface area contributed by atoms with Crippen LogP contribution >= 0.6 is 0 Å². The second kappa shape index (κ2) is 21.1. The fourth-order valence-corrected chi connectivity index (χ4v) is 10.3. The Morgan fingerprint density at radius 3 is 0.843 bits per heavy atom. The molecule has 0 aliphatic heterocycles. The number of rotatable bonds is 11. The van der Waals surface area contributed by atoms with Crippen molar-refractivity contribution in [1.29, 1.82) is 0 Å². The number of hydrogen-bond acceptors (Lipinski definition) is 9. The van der Waals surface area contributed by atoms with Gasteiger partial charge in [0.2, 0.25) is 0 Å². The van der Waals surface area contributed by atoms with Crippen LogP contribution in [0.25, 0.3) is 141 Å². The van der Waals surface area contributed by atoms with E-state index in [9.17, 15) is 13.2 Å². The summed E-state index contributed by atoms with van der Waals surface area (Å²) >= 11 is 0. The smallest absolute Gasteiger partial charge is 0.309 e. The first-order valence-corrected chi connectivity index (χ1v) is 26.8. The van der Waals surface area contributed by atoms with Gasteiger partial charge in [0.1, 0.15) is 0 Å². The quantitative estimate of drug-likeness (QED) is 0.125. The fourth-order valence-electron chi connectivity index (χ4n) is 10.3. The average molecular weight is 1080 g/mol. The lowest BCUT2D eigenvalue weighted by molar-refractivity contribution is -0.137. The summed E-state index contributed by atoms with van der Waals surface area (Å²) in [7, 11) is 0. The van der Waals surface area contributed by atoms with Crippen LogP contribution in [-0.2, 0) is 6.18 Å². The Kier molecular flexibility index (Phi) is 12.7. The summed E-state index contributed by atoms with van der Waals surface area (Å²) in [6, 6.07) is 82.1. The van der Waals surface area contributed by atoms with Gasteiger partial charge in [-0.1, -0.05) is 194 Å². The maximum atomic E-state index is 14.2. The molecule has 0 unspecified atom stereocenters. The van der Waals surface area contributed by atoms with Crippen molar-refractivity contribution in [3.8, 4) is 119 Å². The van der Waals surface area contributed by atoms with Crippen LogP contribution in [0.2, 0.25) is 0 Å². The van der Waals surface area contributed by atoms with Gasteiger partial charge < -0.3 is 4.57 Å². The molecule has 14 aromatic rings. The average Bonchev–Trinajstić information content (AvgIpc) is 3.91. The molecule has 10 nitrogen and oxygen atoms in total. The van der Waals surface area contributed by atoms with Gasteiger partial charge in [-0.2, -0.15) is 13.2 Å². The van der Waals surface area contributed by atoms with Crippen LogP contribution in [0, 0.1) is 0 Å². The van der Waals surface area contributed by atoms with E-state index in [2.05, 4.69) is 28.8 Å². The number of benzene rings is 10. The molecule has 0 spiro atoms. The van der Waals surface area contributed by atoms with Gasteiger partial charge in [-0.25, -0.2) is 44.9 Å². The molecule has 4 heterocycles. The Morgan fingerprint density at radius 1 is 0.241 bits per heavy atom. The molecule has 4 aromatic heterocycles. The molecule has 0 saturated carbocycles. The minimum atomic E-state index is -4.55. The lowest BCUT2D eigenvalue weighted by Gasteiger charge is -2.16. The van der Waals surface area contributed by atoms with Crippen molar-refractivity contribution < 1.29 is 13.2 Å². The summed E-state index contributed by atoms with van der Waals surface area (Å²) in [4.78, 5) is 45.4. The van der Waals surface area contributed by atoms with Gasteiger partial charge in [0, 0.05) is 66.5 Å². The monoisotopic (exact) mass is 1080 g/mol. The van der Waals surface area contributed by atoms with Crippen molar-refractivity contribution in [3.05, 3.63) is 266 Å². The van der Waals surface area contributed by atoms with E-state index in [1.807, 2.05) is 212 Å². The Bertz CT molecular complexity index is 4330. The highest BCUT2D eigenvalue weighted by Crippen LogP contribution is 2.41. The number of hydrogen-bond donors (Lipinski definition) is 0. The largest absolute Gasteiger partial charge is 0.416 e. The number of nitrogens with zero attached hydrogens (tertiary/aromatic N) is 10. The van der Waals surface area contributed by atoms with Crippen molar-refractivity contribution in [2.45, 2.75) is 6.18 Å². The molecule has 0 aliphatic carbocycles. The molecule has 0 saturated heterocycles. The second-order valence-corrected chi connectivity index (χ2v) is 19.7. The summed E-state index contributed by atoms with van der Waals surface area (Å²) in [6.07, 6.45) is -4.55. The highest BCUT2D eigenvalue weighted by molar-refractivity contribution is 6.11. The van der Waals surface area contributed by atoms with Crippen molar-refractivity contribution in [1.82, 2.24) is 49.4 Å². The molecular weight excluding hydrogens is 1040 g/mol. The van der Waals surface area contributed by atoms with Gasteiger partial charge >= 0.3 is 6.18 Å². The van der Waals surface area contributed by atoms with Crippen molar-refractivity contribution >= 4 is 21.8 Å². The Balaban J connectivity index is 1.01. The summed E-state index contributed by atoms with van der Waals surface area (Å²) < 4.78 is 44.9. The van der Waals surface area contributed by atoms with Gasteiger partial charge in [-0.05, 0) is 77.9 Å². The highest BCUT2D eigenvalue weighted by atomic mass is 19.4. The van der Waals surface area contributed by atoms with Crippen LogP contribution in [0.5, 0.6) is 0 Å². The van der Waals surface area contributed by atoms with Gasteiger partial charge in [0.05, 0.1) is 16.6 Å². The van der Waals surface area contributed by atoms with E-state index >= 15 is 0 Å². The number of aromatic nitrogens is 10. The molecule has 394 valence electrons. The molecule has 10 aromatic carbocycles. The van der Waals surface area contributed by atoms with E-state index in [1.165, 1.54) is 12.1 Å². The zero-order chi connectivity index (χ0) is 55.9. The Labute approximate surface area is 474 Å². The molecule has 0 atom stereocenters. The summed E-state index contributed by atoms with van der Waals surface area (Å²) in [5, 5.41) is 1.72. The minimum Gasteiger partial charge on any atom is -0.309 e. The maximum Gasteiger partial charge on any atom is 0.416 e. The molecule has 0 aliphatic rings. The lowest BCUT2D eigenvalue weighted by atomic mass is 9.97. The van der Waals surface area contributed by atoms with E-state index in [1.54, 1.807) is 0 Å². The minimum absolute atomic E-state index is 0.347. The van der Waals surface area contributed by atoms with Crippen LogP contribution in [0.4, 0.5) is 13.2 Å². The van der Waals surface area contributed by atoms with Gasteiger partial charge in [-0.3, -0.25) is 0 Å². The van der Waals surface area contributed by atoms with E-state index in [4.69, 9.17) is 44.9 Å². The molecule has 0 radical (unpaired) electrons. The van der Waals surface area contributed by atoms with Gasteiger partial charge in [0.15, 0.2) is 52.4 Å². The van der Waals surface area contributed by atoms with E-state index < -0.39 is 11.7 Å². The van der Waals surface area contributed by atoms with Crippen LogP contribution in [0.1, 0.15) is 5.56 Å². The van der Waals surface area contributed by atoms with Crippen molar-refractivity contribution in [3.63, 3.8) is 0 Å². The predicted molar refractivity (Wildman–Crippen MR) is 320 cm³/mol. The number of fused-ring (bicyclic) bond motifs is 3. The molecule has 83 heavy (non-hydrogen) atoms. The van der Waals surface area contributed by atoms with E-state index in [0.29, 0.717) is 69.1 Å². The van der Waals surface area contributed by atoms with Crippen LogP contribution in [0.15, 0.2) is 261 Å². The van der Waals surface area contributed by atoms with Gasteiger partial charge in [0.25, 0.3) is 0 Å². The fraction of sp³-hybridized carbons (Fsp3) is 0.0143. The first kappa shape index (κ1) is 50.1. The SMILES string of the molecule is FC(F)(F)c1ccc(-c2cc(-n3c4ccc(-c5nc(-c6ccccc6)nc(-c6ccccc6)n5)cc4c4cc(-c5nc(-c6ccccc6)nc(-c6ccccc6)n5)ccc43)ccc2-c2nc(-c3ccccc3)nc(-c3ccccc3)n2)cc1. The third-order valence-electron chi connectivity index (χ3n) is 14.4. The van der Waals surface area contributed by atoms with E-state index in [0.717, 1.165) is 84.1 Å². The van der Waals surface area contributed by atoms with Gasteiger partial charge in [-0.15, -0.1) is 0 Å². The maximum absolute atomic E-state index is 14.2. The molecule has 14 rings (SSSR count). The summed E-state index contributed by atoms with van der Waals surface area (Å²) in [6.45, 7) is 0. The highest BCUT2D eigenvalue weighted by Gasteiger charge is 2.30. The third-order valence-corrected chi connectivity index (χ3v) is 14.4. The number of halogens is 3. The first-order valence-electron chi connectivity index (χ1n) is 26.8. The van der Waals surface area contributed by atoms with Crippen molar-refractivity contribution in [2.75, 3.05) is 0 Å². The zero-order valence-corrected chi connectivity index (χ0v) is 43.9. The molecular formula is C70H43F3N10. The third kappa shape index (κ3) is 9.93. The number of alkyl halides is 3. The topological polar surface area (TPSA) is 121 Å². The second-order valence-electron chi connectivity index (χ2n) is 19.7. The standard InChI is InChI=1S/C70H43F3N10/c71-70(72,73)53-35-31-44(32-36-53)56-43-54(37-38-55(56)69-81-65(49-27-15-5-16-28-49)76-66(82-69)50-29-17-6-18-30-50)83-59-39-33-51(67-77-61(45-19-7-1-8-20-45)74-62(78-67)46-21-9-2-10-22-46)41-57(59)58-42-52(34-40-60(58)83)68-79-63(47-23-11-3-12-24-47)75-64(80-68)48-25-13-4-14-26-48/h1-43H. The molecule has 13 heteroatoms. The molecule has 0 N–H and O–H groups in total. The summed E-state index contributed by atoms with van der Waals surface area (Å²) in [5.41, 5.74) is 9.75. The predicted octanol–water partition coefficient (Wildman–Crippen LogP) is 17.0. The lowest BCUT2D eigenvalue weighted by Crippen LogP contribution is -2.04. The van der Waals surface area contributed by atoms with E-state index in [-0.39, 0.29) is 0 Å². The van der Waals surface area contributed by atoms with Crippen LogP contribution < -0.4 is 0 Å². The Morgan fingerprint density at radius 2 is 0.530 bits per heavy atom. The summed E-state index contributed by atoms with van der Waals surface area (Å²) in [5.74, 6) is 4.30.